The number of hydrogen-bond donors (Lipinski definition) is 2. The summed E-state index contributed by atoms with van der Waals surface area (Å²) in [6.45, 7) is 1.44. The molecule has 2 aromatic heterocycles. The molecule has 0 radical (unpaired) electrons. The summed E-state index contributed by atoms with van der Waals surface area (Å²) in [6, 6.07) is 16.1. The van der Waals surface area contributed by atoms with Gasteiger partial charge in [-0.05, 0) is 24.1 Å². The Morgan fingerprint density at radius 3 is 2.63 bits per heavy atom. The van der Waals surface area contributed by atoms with Gasteiger partial charge in [0.25, 0.3) is 5.91 Å². The molecule has 0 aliphatic carbocycles. The van der Waals surface area contributed by atoms with Crippen molar-refractivity contribution in [3.8, 4) is 0 Å². The predicted octanol–water partition coefficient (Wildman–Crippen LogP) is 3.05. The Bertz CT molecular complexity index is 1140. The van der Waals surface area contributed by atoms with Gasteiger partial charge in [-0.25, -0.2) is 19.0 Å². The van der Waals surface area contributed by atoms with Gasteiger partial charge in [0.15, 0.2) is 5.65 Å². The Morgan fingerprint density at radius 2 is 1.80 bits per heavy atom. The van der Waals surface area contributed by atoms with E-state index in [0.29, 0.717) is 18.7 Å². The van der Waals surface area contributed by atoms with E-state index in [0.717, 1.165) is 24.2 Å². The second-order valence-corrected chi connectivity index (χ2v) is 6.73. The van der Waals surface area contributed by atoms with Gasteiger partial charge >= 0.3 is 0 Å². The smallest absolute Gasteiger partial charge is 0.254 e. The molecule has 0 bridgehead atoms. The van der Waals surface area contributed by atoms with Crippen LogP contribution in [0.25, 0.3) is 11.0 Å². The molecule has 0 aliphatic rings. The first-order chi connectivity index (χ1) is 14.7. The molecule has 7 nitrogen and oxygen atoms in total. The summed E-state index contributed by atoms with van der Waals surface area (Å²) in [6.07, 6.45) is 4.07. The van der Waals surface area contributed by atoms with Crippen LogP contribution in [-0.2, 0) is 13.0 Å². The van der Waals surface area contributed by atoms with Crippen LogP contribution < -0.4 is 10.6 Å². The molecule has 0 fully saturated rings. The van der Waals surface area contributed by atoms with Crippen molar-refractivity contribution in [2.75, 3.05) is 18.4 Å². The van der Waals surface area contributed by atoms with Crippen LogP contribution in [0.2, 0.25) is 0 Å². The predicted molar refractivity (Wildman–Crippen MR) is 113 cm³/mol. The number of hydrogen-bond acceptors (Lipinski definition) is 5. The third-order valence-electron chi connectivity index (χ3n) is 4.71. The van der Waals surface area contributed by atoms with E-state index >= 15 is 0 Å². The van der Waals surface area contributed by atoms with Crippen molar-refractivity contribution < 1.29 is 9.18 Å². The Kier molecular flexibility index (Phi) is 5.93. The maximum Gasteiger partial charge on any atom is 0.254 e. The molecule has 30 heavy (non-hydrogen) atoms. The first kappa shape index (κ1) is 19.5. The summed E-state index contributed by atoms with van der Waals surface area (Å²) in [5.41, 5.74) is 1.94. The summed E-state index contributed by atoms with van der Waals surface area (Å²) >= 11 is 0. The highest BCUT2D eigenvalue weighted by atomic mass is 19.1. The van der Waals surface area contributed by atoms with Crippen LogP contribution in [0.15, 0.2) is 67.1 Å². The summed E-state index contributed by atoms with van der Waals surface area (Å²) in [5.74, 6) is -0.279. The largest absolute Gasteiger partial charge is 0.369 e. The lowest BCUT2D eigenvalue weighted by molar-refractivity contribution is 0.0948. The van der Waals surface area contributed by atoms with Gasteiger partial charge in [-0.1, -0.05) is 42.5 Å². The van der Waals surface area contributed by atoms with E-state index in [-0.39, 0.29) is 5.56 Å². The standard InChI is InChI=1S/C22H21FN6O/c23-19-9-5-4-8-17(19)22(30)25-12-13-29-21-18(14-28-29)20(26-15-27-21)24-11-10-16-6-2-1-3-7-16/h1-9,14-15H,10-13H2,(H,25,30)(H,24,26,27). The maximum atomic E-state index is 13.7. The van der Waals surface area contributed by atoms with Gasteiger partial charge in [0.05, 0.1) is 23.7 Å². The Morgan fingerprint density at radius 1 is 1.00 bits per heavy atom. The molecule has 4 aromatic rings. The molecular weight excluding hydrogens is 383 g/mol. The second-order valence-electron chi connectivity index (χ2n) is 6.73. The van der Waals surface area contributed by atoms with Crippen LogP contribution in [0.3, 0.4) is 0 Å². The topological polar surface area (TPSA) is 84.7 Å². The highest BCUT2D eigenvalue weighted by molar-refractivity contribution is 5.94. The van der Waals surface area contributed by atoms with Crippen molar-refractivity contribution in [1.29, 1.82) is 0 Å². The molecule has 0 saturated heterocycles. The zero-order chi connectivity index (χ0) is 20.8. The minimum Gasteiger partial charge on any atom is -0.369 e. The van der Waals surface area contributed by atoms with Crippen LogP contribution in [0, 0.1) is 5.82 Å². The normalized spacial score (nSPS) is 10.8. The van der Waals surface area contributed by atoms with Gasteiger partial charge in [0.2, 0.25) is 0 Å². The first-order valence-corrected chi connectivity index (χ1v) is 9.69. The van der Waals surface area contributed by atoms with Crippen LogP contribution in [0.4, 0.5) is 10.2 Å². The highest BCUT2D eigenvalue weighted by Gasteiger charge is 2.12. The first-order valence-electron chi connectivity index (χ1n) is 9.69. The van der Waals surface area contributed by atoms with E-state index in [9.17, 15) is 9.18 Å². The van der Waals surface area contributed by atoms with Gasteiger partial charge in [-0.2, -0.15) is 5.10 Å². The zero-order valence-electron chi connectivity index (χ0n) is 16.3. The summed E-state index contributed by atoms with van der Waals surface area (Å²) < 4.78 is 15.4. The number of benzene rings is 2. The quantitative estimate of drug-likeness (QED) is 0.472. The lowest BCUT2D eigenvalue weighted by atomic mass is 10.1. The number of carbonyl (C=O) groups excluding carboxylic acids is 1. The number of carbonyl (C=O) groups is 1. The molecule has 0 atom stereocenters. The summed E-state index contributed by atoms with van der Waals surface area (Å²) in [4.78, 5) is 20.8. The number of anilines is 1. The van der Waals surface area contributed by atoms with E-state index in [4.69, 9.17) is 0 Å². The molecule has 2 aromatic carbocycles. The van der Waals surface area contributed by atoms with Crippen LogP contribution in [0.1, 0.15) is 15.9 Å². The lowest BCUT2D eigenvalue weighted by Gasteiger charge is -2.08. The number of halogens is 1. The molecule has 0 aliphatic heterocycles. The molecule has 152 valence electrons. The fourth-order valence-corrected chi connectivity index (χ4v) is 3.18. The van der Waals surface area contributed by atoms with Crippen molar-refractivity contribution in [1.82, 2.24) is 25.1 Å². The number of nitrogens with one attached hydrogen (secondary N) is 2. The Balaban J connectivity index is 1.37. The van der Waals surface area contributed by atoms with Crippen molar-refractivity contribution in [2.24, 2.45) is 0 Å². The van der Waals surface area contributed by atoms with E-state index < -0.39 is 11.7 Å². The number of fused-ring (bicyclic) bond motifs is 1. The van der Waals surface area contributed by atoms with E-state index in [2.05, 4.69) is 37.8 Å². The van der Waals surface area contributed by atoms with Crippen molar-refractivity contribution in [3.05, 3.63) is 84.1 Å². The molecule has 0 saturated carbocycles. The molecule has 2 N–H and O–H groups in total. The van der Waals surface area contributed by atoms with Crippen LogP contribution in [-0.4, -0.2) is 38.7 Å². The maximum absolute atomic E-state index is 13.7. The summed E-state index contributed by atoms with van der Waals surface area (Å²) in [5, 5.41) is 11.2. The minimum absolute atomic E-state index is 0.0232. The fraction of sp³-hybridized carbons (Fsp3) is 0.182. The van der Waals surface area contributed by atoms with Crippen molar-refractivity contribution in [3.63, 3.8) is 0 Å². The Hall–Kier alpha value is -3.81. The zero-order valence-corrected chi connectivity index (χ0v) is 16.3. The van der Waals surface area contributed by atoms with Crippen LogP contribution in [0.5, 0.6) is 0 Å². The molecule has 0 unspecified atom stereocenters. The van der Waals surface area contributed by atoms with Gasteiger partial charge in [0.1, 0.15) is 18.0 Å². The number of aromatic nitrogens is 4. The third kappa shape index (κ3) is 4.43. The van der Waals surface area contributed by atoms with Gasteiger partial charge in [-0.15, -0.1) is 0 Å². The molecule has 0 spiro atoms. The molecular formula is C22H21FN6O. The fourth-order valence-electron chi connectivity index (χ4n) is 3.18. The average molecular weight is 404 g/mol. The van der Waals surface area contributed by atoms with Gasteiger partial charge < -0.3 is 10.6 Å². The lowest BCUT2D eigenvalue weighted by Crippen LogP contribution is -2.28. The van der Waals surface area contributed by atoms with E-state index in [1.54, 1.807) is 23.0 Å². The number of nitrogens with zero attached hydrogens (tertiary/aromatic N) is 4. The SMILES string of the molecule is O=C(NCCn1ncc2c(NCCc3ccccc3)ncnc21)c1ccccc1F. The minimum atomic E-state index is -0.543. The highest BCUT2D eigenvalue weighted by Crippen LogP contribution is 2.18. The monoisotopic (exact) mass is 404 g/mol. The molecule has 1 amide bonds. The van der Waals surface area contributed by atoms with Crippen molar-refractivity contribution >= 4 is 22.8 Å². The molecule has 4 rings (SSSR count). The summed E-state index contributed by atoms with van der Waals surface area (Å²) in [7, 11) is 0. The molecule has 8 heteroatoms. The van der Waals surface area contributed by atoms with Crippen molar-refractivity contribution in [2.45, 2.75) is 13.0 Å². The number of rotatable bonds is 8. The third-order valence-corrected chi connectivity index (χ3v) is 4.71. The second kappa shape index (κ2) is 9.13. The van der Waals surface area contributed by atoms with Gasteiger partial charge in [-0.3, -0.25) is 4.79 Å². The number of amides is 1. The van der Waals surface area contributed by atoms with Gasteiger partial charge in [0, 0.05) is 13.1 Å². The average Bonchev–Trinajstić information content (AvgIpc) is 3.19. The van der Waals surface area contributed by atoms with E-state index in [1.165, 1.54) is 24.0 Å². The van der Waals surface area contributed by atoms with Crippen LogP contribution >= 0.6 is 0 Å². The Labute approximate surface area is 173 Å². The van der Waals surface area contributed by atoms with E-state index in [1.807, 2.05) is 18.2 Å². The molecule has 2 heterocycles.